The Morgan fingerprint density at radius 3 is 2.95 bits per heavy atom. The molecule has 3 rings (SSSR count). The number of pyridine rings is 1. The van der Waals surface area contributed by atoms with Gasteiger partial charge in [0.25, 0.3) is 0 Å². The highest BCUT2D eigenvalue weighted by Gasteiger charge is 2.26. The monoisotopic (exact) mass is 301 g/mol. The lowest BCUT2D eigenvalue weighted by molar-refractivity contribution is -0.121. The third kappa shape index (κ3) is 3.03. The van der Waals surface area contributed by atoms with E-state index in [2.05, 4.69) is 10.3 Å². The van der Waals surface area contributed by atoms with Crippen molar-refractivity contribution in [1.82, 2.24) is 24.5 Å². The first-order valence-corrected chi connectivity index (χ1v) is 7.33. The molecule has 22 heavy (non-hydrogen) atoms. The molecule has 1 aliphatic heterocycles. The summed E-state index contributed by atoms with van der Waals surface area (Å²) in [6.45, 7) is 1.91. The molecule has 3 amide bonds. The third-order valence-corrected chi connectivity index (χ3v) is 3.75. The first kappa shape index (κ1) is 14.4. The number of nitrogens with one attached hydrogen (secondary N) is 1. The summed E-state index contributed by atoms with van der Waals surface area (Å²) in [6, 6.07) is 5.75. The largest absolute Gasteiger partial charge is 0.354 e. The molecule has 0 spiro atoms. The van der Waals surface area contributed by atoms with Crippen molar-refractivity contribution in [3.63, 3.8) is 0 Å². The normalized spacial score (nSPS) is 14.9. The minimum Gasteiger partial charge on any atom is -0.354 e. The molecule has 0 unspecified atom stereocenters. The Labute approximate surface area is 128 Å². The van der Waals surface area contributed by atoms with Crippen molar-refractivity contribution in [2.45, 2.75) is 6.42 Å². The van der Waals surface area contributed by atoms with Gasteiger partial charge in [-0.15, -0.1) is 0 Å². The topological polar surface area (TPSA) is 69.9 Å². The van der Waals surface area contributed by atoms with Crippen LogP contribution in [0.2, 0.25) is 0 Å². The van der Waals surface area contributed by atoms with Gasteiger partial charge in [-0.2, -0.15) is 0 Å². The number of imidazole rings is 1. The van der Waals surface area contributed by atoms with Gasteiger partial charge in [0.15, 0.2) is 0 Å². The summed E-state index contributed by atoms with van der Waals surface area (Å²) < 4.78 is 1.95. The van der Waals surface area contributed by atoms with Crippen LogP contribution in [0.15, 0.2) is 30.6 Å². The Balaban J connectivity index is 1.46. The van der Waals surface area contributed by atoms with E-state index in [1.165, 1.54) is 0 Å². The van der Waals surface area contributed by atoms with E-state index in [1.54, 1.807) is 16.8 Å². The molecular formula is C15H19N5O2. The number of fused-ring (bicyclic) bond motifs is 1. The van der Waals surface area contributed by atoms with Gasteiger partial charge >= 0.3 is 6.03 Å². The summed E-state index contributed by atoms with van der Waals surface area (Å²) in [5, 5.41) is 2.84. The molecule has 0 radical (unpaired) electrons. The number of rotatable bonds is 5. The first-order chi connectivity index (χ1) is 10.6. The van der Waals surface area contributed by atoms with Crippen molar-refractivity contribution in [1.29, 1.82) is 0 Å². The summed E-state index contributed by atoms with van der Waals surface area (Å²) in [6.07, 6.45) is 4.57. The molecule has 1 aliphatic rings. The number of amides is 3. The lowest BCUT2D eigenvalue weighted by atomic mass is 10.3. The smallest absolute Gasteiger partial charge is 0.320 e. The van der Waals surface area contributed by atoms with Gasteiger partial charge in [-0.05, 0) is 12.1 Å². The number of hydrogen-bond acceptors (Lipinski definition) is 3. The lowest BCUT2D eigenvalue weighted by Crippen LogP contribution is -2.39. The molecule has 7 heteroatoms. The van der Waals surface area contributed by atoms with Crippen LogP contribution in [-0.4, -0.2) is 64.3 Å². The fraction of sp³-hybridized carbons (Fsp3) is 0.400. The van der Waals surface area contributed by atoms with Crippen molar-refractivity contribution in [2.75, 3.05) is 33.2 Å². The van der Waals surface area contributed by atoms with Crippen LogP contribution >= 0.6 is 0 Å². The number of urea groups is 1. The first-order valence-electron chi connectivity index (χ1n) is 7.33. The summed E-state index contributed by atoms with van der Waals surface area (Å²) in [7, 11) is 1.74. The minimum absolute atomic E-state index is 0.0875. The Hall–Kier alpha value is -2.57. The van der Waals surface area contributed by atoms with Crippen LogP contribution in [0, 0.1) is 0 Å². The fourth-order valence-electron chi connectivity index (χ4n) is 2.52. The molecule has 7 nitrogen and oxygen atoms in total. The molecule has 0 saturated carbocycles. The molecular weight excluding hydrogens is 282 g/mol. The SMILES string of the molecule is CN1CCN(CC(=O)NCCc2cn3ccccc3n2)C1=O. The predicted octanol–water partition coefficient (Wildman–Crippen LogP) is 0.360. The maximum Gasteiger partial charge on any atom is 0.320 e. The molecule has 2 aromatic heterocycles. The predicted molar refractivity (Wildman–Crippen MR) is 81.5 cm³/mol. The van der Waals surface area contributed by atoms with Crippen LogP contribution in [0.5, 0.6) is 0 Å². The summed E-state index contributed by atoms with van der Waals surface area (Å²) in [5.41, 5.74) is 1.83. The van der Waals surface area contributed by atoms with Gasteiger partial charge in [0.1, 0.15) is 12.2 Å². The van der Waals surface area contributed by atoms with Crippen molar-refractivity contribution in [3.8, 4) is 0 Å². The molecule has 1 saturated heterocycles. The Kier molecular flexibility index (Phi) is 3.95. The zero-order valence-corrected chi connectivity index (χ0v) is 12.5. The Morgan fingerprint density at radius 1 is 1.36 bits per heavy atom. The van der Waals surface area contributed by atoms with Gasteiger partial charge in [-0.25, -0.2) is 9.78 Å². The molecule has 116 valence electrons. The van der Waals surface area contributed by atoms with Gasteiger partial charge in [0, 0.05) is 45.5 Å². The number of carbonyl (C=O) groups excluding carboxylic acids is 2. The standard InChI is InChI=1S/C15H19N5O2/c1-18-8-9-20(15(18)22)11-14(21)16-6-5-12-10-19-7-3-2-4-13(19)17-12/h2-4,7,10H,5-6,8-9,11H2,1H3,(H,16,21). The van der Waals surface area contributed by atoms with E-state index in [0.29, 0.717) is 26.1 Å². The highest BCUT2D eigenvalue weighted by Crippen LogP contribution is 2.06. The maximum atomic E-state index is 11.9. The molecule has 1 N–H and O–H groups in total. The van der Waals surface area contributed by atoms with Gasteiger partial charge in [-0.1, -0.05) is 6.07 Å². The van der Waals surface area contributed by atoms with Gasteiger partial charge in [0.2, 0.25) is 5.91 Å². The molecule has 0 aliphatic carbocycles. The Bertz CT molecular complexity index is 663. The van der Waals surface area contributed by atoms with Crippen LogP contribution < -0.4 is 5.32 Å². The van der Waals surface area contributed by atoms with Crippen LogP contribution in [0.3, 0.4) is 0 Å². The van der Waals surface area contributed by atoms with Crippen molar-refractivity contribution in [3.05, 3.63) is 36.3 Å². The maximum absolute atomic E-state index is 11.9. The summed E-state index contributed by atoms with van der Waals surface area (Å²) in [5.74, 6) is -0.132. The summed E-state index contributed by atoms with van der Waals surface area (Å²) in [4.78, 5) is 31.2. The van der Waals surface area contributed by atoms with Crippen LogP contribution in [0.25, 0.3) is 5.65 Å². The second-order valence-corrected chi connectivity index (χ2v) is 5.42. The number of aromatic nitrogens is 2. The highest BCUT2D eigenvalue weighted by atomic mass is 16.2. The van der Waals surface area contributed by atoms with E-state index < -0.39 is 0 Å². The number of carbonyl (C=O) groups is 2. The quantitative estimate of drug-likeness (QED) is 0.867. The van der Waals surface area contributed by atoms with Gasteiger partial charge in [-0.3, -0.25) is 4.79 Å². The molecule has 0 bridgehead atoms. The number of hydrogen-bond donors (Lipinski definition) is 1. The fourth-order valence-corrected chi connectivity index (χ4v) is 2.52. The van der Waals surface area contributed by atoms with E-state index >= 15 is 0 Å². The number of nitrogens with zero attached hydrogens (tertiary/aromatic N) is 4. The van der Waals surface area contributed by atoms with Crippen LogP contribution in [-0.2, 0) is 11.2 Å². The molecule has 0 atom stereocenters. The minimum atomic E-state index is -0.132. The lowest BCUT2D eigenvalue weighted by Gasteiger charge is -2.15. The highest BCUT2D eigenvalue weighted by molar-refractivity contribution is 5.84. The summed E-state index contributed by atoms with van der Waals surface area (Å²) >= 11 is 0. The van der Waals surface area contributed by atoms with Gasteiger partial charge < -0.3 is 19.5 Å². The van der Waals surface area contributed by atoms with Crippen LogP contribution in [0.1, 0.15) is 5.69 Å². The van der Waals surface area contributed by atoms with E-state index in [-0.39, 0.29) is 18.5 Å². The Morgan fingerprint density at radius 2 is 2.23 bits per heavy atom. The number of likely N-dealkylation sites (N-methyl/N-ethyl adjacent to an activating group) is 1. The zero-order chi connectivity index (χ0) is 15.5. The zero-order valence-electron chi connectivity index (χ0n) is 12.5. The molecule has 3 heterocycles. The van der Waals surface area contributed by atoms with Crippen molar-refractivity contribution < 1.29 is 9.59 Å². The van der Waals surface area contributed by atoms with E-state index in [9.17, 15) is 9.59 Å². The average molecular weight is 301 g/mol. The molecule has 2 aromatic rings. The van der Waals surface area contributed by atoms with E-state index in [0.717, 1.165) is 11.3 Å². The molecule has 1 fully saturated rings. The molecule has 0 aromatic carbocycles. The average Bonchev–Trinajstić information content (AvgIpc) is 3.05. The van der Waals surface area contributed by atoms with E-state index in [4.69, 9.17) is 0 Å². The van der Waals surface area contributed by atoms with Gasteiger partial charge in [0.05, 0.1) is 5.69 Å². The third-order valence-electron chi connectivity index (χ3n) is 3.75. The van der Waals surface area contributed by atoms with Crippen molar-refractivity contribution >= 4 is 17.6 Å². The van der Waals surface area contributed by atoms with Crippen molar-refractivity contribution in [2.24, 2.45) is 0 Å². The van der Waals surface area contributed by atoms with E-state index in [1.807, 2.05) is 35.0 Å². The second kappa shape index (κ2) is 6.05. The van der Waals surface area contributed by atoms with Crippen LogP contribution in [0.4, 0.5) is 4.79 Å². The second-order valence-electron chi connectivity index (χ2n) is 5.42.